The number of benzene rings is 1. The lowest BCUT2D eigenvalue weighted by atomic mass is 9.98. The summed E-state index contributed by atoms with van der Waals surface area (Å²) in [6.07, 6.45) is 5.64. The van der Waals surface area contributed by atoms with Crippen LogP contribution in [-0.2, 0) is 23.0 Å². The standard InChI is InChI=1S/C14H22O3S.H3N/c1-3-5-8-12-9-7-11-14(18(15,16)17)13(12)10-6-4-2;/h7,9,11H,3-6,8,10H2,1-2H3,(H,15,16,17);1H3. The summed E-state index contributed by atoms with van der Waals surface area (Å²) < 4.78 is 32.1. The predicted octanol–water partition coefficient (Wildman–Crippen LogP) is 3.78. The average molecular weight is 287 g/mol. The van der Waals surface area contributed by atoms with Gasteiger partial charge in [-0.1, -0.05) is 38.8 Å². The maximum Gasteiger partial charge on any atom is 0.294 e. The van der Waals surface area contributed by atoms with Crippen LogP contribution >= 0.6 is 0 Å². The van der Waals surface area contributed by atoms with E-state index in [4.69, 9.17) is 0 Å². The van der Waals surface area contributed by atoms with Gasteiger partial charge in [0, 0.05) is 0 Å². The van der Waals surface area contributed by atoms with Crippen molar-refractivity contribution in [2.75, 3.05) is 0 Å². The second-order valence-corrected chi connectivity index (χ2v) is 5.97. The third-order valence-electron chi connectivity index (χ3n) is 3.09. The molecule has 0 saturated carbocycles. The summed E-state index contributed by atoms with van der Waals surface area (Å²) in [6, 6.07) is 5.18. The molecule has 0 aliphatic heterocycles. The van der Waals surface area contributed by atoms with E-state index in [1.807, 2.05) is 6.07 Å². The van der Waals surface area contributed by atoms with Gasteiger partial charge in [-0.05, 0) is 42.9 Å². The van der Waals surface area contributed by atoms with Gasteiger partial charge in [-0.3, -0.25) is 4.55 Å². The number of hydrogen-bond acceptors (Lipinski definition) is 3. The van der Waals surface area contributed by atoms with E-state index in [2.05, 4.69) is 13.8 Å². The van der Waals surface area contributed by atoms with Crippen LogP contribution in [0.1, 0.15) is 50.7 Å². The highest BCUT2D eigenvalue weighted by molar-refractivity contribution is 7.85. The lowest BCUT2D eigenvalue weighted by Gasteiger charge is -2.12. The Balaban J connectivity index is 0.00000324. The van der Waals surface area contributed by atoms with Crippen LogP contribution in [0.2, 0.25) is 0 Å². The summed E-state index contributed by atoms with van der Waals surface area (Å²) in [6.45, 7) is 4.18. The Kier molecular flexibility index (Phi) is 7.90. The van der Waals surface area contributed by atoms with Crippen LogP contribution in [0.25, 0.3) is 0 Å². The molecule has 0 unspecified atom stereocenters. The minimum atomic E-state index is -4.11. The van der Waals surface area contributed by atoms with Crippen LogP contribution in [0.3, 0.4) is 0 Å². The van der Waals surface area contributed by atoms with E-state index in [0.717, 1.165) is 43.2 Å². The predicted molar refractivity (Wildman–Crippen MR) is 78.5 cm³/mol. The zero-order valence-corrected chi connectivity index (χ0v) is 12.7. The molecule has 0 amide bonds. The number of unbranched alkanes of at least 4 members (excludes halogenated alkanes) is 2. The fourth-order valence-corrected chi connectivity index (χ4v) is 2.89. The molecule has 1 aromatic rings. The third kappa shape index (κ3) is 5.30. The summed E-state index contributed by atoms with van der Waals surface area (Å²) in [7, 11) is -4.11. The Labute approximate surface area is 116 Å². The molecular weight excluding hydrogens is 262 g/mol. The van der Waals surface area contributed by atoms with Crippen LogP contribution < -0.4 is 6.15 Å². The summed E-state index contributed by atoms with van der Waals surface area (Å²) in [5.74, 6) is 0. The van der Waals surface area contributed by atoms with Crippen molar-refractivity contribution in [1.29, 1.82) is 0 Å². The first kappa shape index (κ1) is 18.1. The van der Waals surface area contributed by atoms with E-state index in [0.29, 0.717) is 6.42 Å². The Morgan fingerprint density at radius 1 is 1.05 bits per heavy atom. The fraction of sp³-hybridized carbons (Fsp3) is 0.571. The van der Waals surface area contributed by atoms with Gasteiger partial charge in [0.15, 0.2) is 0 Å². The molecule has 1 aromatic carbocycles. The lowest BCUT2D eigenvalue weighted by Crippen LogP contribution is -2.06. The van der Waals surface area contributed by atoms with E-state index in [1.165, 1.54) is 6.07 Å². The molecule has 0 aliphatic carbocycles. The Morgan fingerprint density at radius 3 is 2.16 bits per heavy atom. The van der Waals surface area contributed by atoms with Gasteiger partial charge in [-0.2, -0.15) is 8.42 Å². The van der Waals surface area contributed by atoms with Crippen molar-refractivity contribution in [1.82, 2.24) is 6.15 Å². The van der Waals surface area contributed by atoms with Crippen molar-refractivity contribution in [3.05, 3.63) is 29.3 Å². The summed E-state index contributed by atoms with van der Waals surface area (Å²) in [4.78, 5) is 0.0875. The highest BCUT2D eigenvalue weighted by Gasteiger charge is 2.17. The Morgan fingerprint density at radius 2 is 1.63 bits per heavy atom. The zero-order chi connectivity index (χ0) is 13.6. The molecule has 4 N–H and O–H groups in total. The largest absolute Gasteiger partial charge is 0.344 e. The summed E-state index contributed by atoms with van der Waals surface area (Å²) >= 11 is 0. The lowest BCUT2D eigenvalue weighted by molar-refractivity contribution is 0.481. The van der Waals surface area contributed by atoms with Gasteiger partial charge < -0.3 is 6.15 Å². The second-order valence-electron chi connectivity index (χ2n) is 4.58. The highest BCUT2D eigenvalue weighted by Crippen LogP contribution is 2.23. The maximum absolute atomic E-state index is 11.4. The van der Waals surface area contributed by atoms with Gasteiger partial charge >= 0.3 is 0 Å². The first-order chi connectivity index (χ1) is 8.50. The molecule has 0 spiro atoms. The van der Waals surface area contributed by atoms with Gasteiger partial charge in [0.05, 0.1) is 4.90 Å². The average Bonchev–Trinajstić information content (AvgIpc) is 2.32. The molecule has 0 radical (unpaired) electrons. The van der Waals surface area contributed by atoms with E-state index in [9.17, 15) is 13.0 Å². The Bertz CT molecular complexity index is 483. The number of rotatable bonds is 7. The quantitative estimate of drug-likeness (QED) is 0.747. The van der Waals surface area contributed by atoms with Crippen molar-refractivity contribution >= 4 is 10.1 Å². The van der Waals surface area contributed by atoms with Crippen LogP contribution in [0.15, 0.2) is 23.1 Å². The van der Waals surface area contributed by atoms with Crippen molar-refractivity contribution in [3.8, 4) is 0 Å². The van der Waals surface area contributed by atoms with E-state index in [-0.39, 0.29) is 11.0 Å². The summed E-state index contributed by atoms with van der Waals surface area (Å²) in [5.41, 5.74) is 1.86. The highest BCUT2D eigenvalue weighted by atomic mass is 32.2. The fourth-order valence-electron chi connectivity index (χ4n) is 2.09. The molecule has 5 heteroatoms. The van der Waals surface area contributed by atoms with Crippen LogP contribution in [0.5, 0.6) is 0 Å². The number of hydrogen-bond donors (Lipinski definition) is 2. The van der Waals surface area contributed by atoms with Gasteiger partial charge in [0.1, 0.15) is 0 Å². The molecule has 0 saturated heterocycles. The first-order valence-corrected chi connectivity index (χ1v) is 8.03. The molecule has 110 valence electrons. The normalized spacial score (nSPS) is 11.1. The minimum Gasteiger partial charge on any atom is -0.344 e. The first-order valence-electron chi connectivity index (χ1n) is 6.59. The summed E-state index contributed by atoms with van der Waals surface area (Å²) in [5, 5.41) is 0. The molecule has 1 rings (SSSR count). The Hall–Kier alpha value is -0.910. The topological polar surface area (TPSA) is 89.4 Å². The van der Waals surface area contributed by atoms with Crippen molar-refractivity contribution in [2.45, 2.75) is 57.3 Å². The molecule has 0 bridgehead atoms. The SMILES string of the molecule is CCCCc1cccc(S(=O)(=O)O)c1CCCC.N. The zero-order valence-electron chi connectivity index (χ0n) is 11.9. The van der Waals surface area contributed by atoms with Crippen LogP contribution in [0.4, 0.5) is 0 Å². The van der Waals surface area contributed by atoms with Gasteiger partial charge in [0.25, 0.3) is 10.1 Å². The van der Waals surface area contributed by atoms with E-state index in [1.54, 1.807) is 6.07 Å². The maximum atomic E-state index is 11.4. The van der Waals surface area contributed by atoms with Gasteiger partial charge in [-0.15, -0.1) is 0 Å². The third-order valence-corrected chi connectivity index (χ3v) is 4.03. The van der Waals surface area contributed by atoms with Crippen molar-refractivity contribution in [3.63, 3.8) is 0 Å². The van der Waals surface area contributed by atoms with Crippen molar-refractivity contribution in [2.24, 2.45) is 0 Å². The molecule has 19 heavy (non-hydrogen) atoms. The van der Waals surface area contributed by atoms with E-state index >= 15 is 0 Å². The van der Waals surface area contributed by atoms with Crippen molar-refractivity contribution < 1.29 is 13.0 Å². The van der Waals surface area contributed by atoms with E-state index < -0.39 is 10.1 Å². The molecule has 4 nitrogen and oxygen atoms in total. The van der Waals surface area contributed by atoms with Crippen LogP contribution in [0, 0.1) is 0 Å². The smallest absolute Gasteiger partial charge is 0.294 e. The molecule has 0 fully saturated rings. The minimum absolute atomic E-state index is 0. The van der Waals surface area contributed by atoms with Gasteiger partial charge in [-0.25, -0.2) is 0 Å². The molecule has 0 aliphatic rings. The molecular formula is C14H25NO3S. The van der Waals surface area contributed by atoms with Gasteiger partial charge in [0.2, 0.25) is 0 Å². The number of aryl methyl sites for hydroxylation is 1. The van der Waals surface area contributed by atoms with Crippen LogP contribution in [-0.4, -0.2) is 13.0 Å². The monoisotopic (exact) mass is 287 g/mol. The molecule has 0 heterocycles. The second kappa shape index (κ2) is 8.30. The molecule has 0 aromatic heterocycles. The molecule has 0 atom stereocenters.